The lowest BCUT2D eigenvalue weighted by molar-refractivity contribution is -0.148. The number of methoxy groups -OCH3 is 1. The van der Waals surface area contributed by atoms with Crippen molar-refractivity contribution in [2.45, 2.75) is 41.9 Å². The molecule has 2 atom stereocenters. The number of carbonyl (C=O) groups is 1. The first-order valence-electron chi connectivity index (χ1n) is 6.60. The van der Waals surface area contributed by atoms with Gasteiger partial charge >= 0.3 is 5.97 Å². The Labute approximate surface area is 119 Å². The monoisotopic (exact) mass is 279 g/mol. The molecule has 2 rings (SSSR count). The number of hydrogen-bond donors (Lipinski definition) is 1. The quantitative estimate of drug-likeness (QED) is 0.860. The number of aryl methyl sites for hydroxylation is 1. The Hall–Kier alpha value is -1.00. The average Bonchev–Trinajstić information content (AvgIpc) is 2.82. The van der Waals surface area contributed by atoms with Gasteiger partial charge in [0.25, 0.3) is 0 Å². The smallest absolute Gasteiger partial charge is 0.326 e. The van der Waals surface area contributed by atoms with Crippen LogP contribution in [0.2, 0.25) is 0 Å². The first-order valence-corrected chi connectivity index (χ1v) is 7.48. The SMILES string of the molecule is CNC1(C(=O)OC)CCC(Sc2cccc(C)c2)C1. The predicted molar refractivity (Wildman–Crippen MR) is 78.5 cm³/mol. The van der Waals surface area contributed by atoms with Crippen LogP contribution in [0, 0.1) is 6.92 Å². The lowest BCUT2D eigenvalue weighted by Crippen LogP contribution is -2.49. The number of thioether (sulfide) groups is 1. The van der Waals surface area contributed by atoms with E-state index in [0.717, 1.165) is 19.3 Å². The summed E-state index contributed by atoms with van der Waals surface area (Å²) in [4.78, 5) is 13.2. The van der Waals surface area contributed by atoms with E-state index in [2.05, 4.69) is 36.5 Å². The number of ether oxygens (including phenoxy) is 1. The van der Waals surface area contributed by atoms with Crippen molar-refractivity contribution < 1.29 is 9.53 Å². The predicted octanol–water partition coefficient (Wildman–Crippen LogP) is 2.77. The molecule has 1 aliphatic carbocycles. The number of rotatable bonds is 4. The third-order valence-corrected chi connectivity index (χ3v) is 5.08. The number of likely N-dealkylation sites (N-methyl/N-ethyl adjacent to an activating group) is 1. The highest BCUT2D eigenvalue weighted by Crippen LogP contribution is 2.40. The molecule has 1 aromatic carbocycles. The Morgan fingerprint density at radius 1 is 1.53 bits per heavy atom. The highest BCUT2D eigenvalue weighted by atomic mass is 32.2. The molecule has 0 aromatic heterocycles. The van der Waals surface area contributed by atoms with Gasteiger partial charge in [-0.05, 0) is 45.4 Å². The van der Waals surface area contributed by atoms with Crippen molar-refractivity contribution in [2.75, 3.05) is 14.2 Å². The highest BCUT2D eigenvalue weighted by Gasteiger charge is 2.45. The summed E-state index contributed by atoms with van der Waals surface area (Å²) in [6.07, 6.45) is 2.71. The molecule has 2 unspecified atom stereocenters. The molecule has 104 valence electrons. The molecule has 1 N–H and O–H groups in total. The lowest BCUT2D eigenvalue weighted by Gasteiger charge is -2.25. The largest absolute Gasteiger partial charge is 0.468 e. The van der Waals surface area contributed by atoms with Crippen LogP contribution in [0.1, 0.15) is 24.8 Å². The molecule has 0 spiro atoms. The molecule has 0 radical (unpaired) electrons. The summed E-state index contributed by atoms with van der Waals surface area (Å²) >= 11 is 1.86. The first-order chi connectivity index (χ1) is 9.09. The Morgan fingerprint density at radius 3 is 2.95 bits per heavy atom. The van der Waals surface area contributed by atoms with Crippen LogP contribution in [-0.4, -0.2) is 30.9 Å². The molecule has 0 aliphatic heterocycles. The van der Waals surface area contributed by atoms with Gasteiger partial charge in [0.1, 0.15) is 5.54 Å². The van der Waals surface area contributed by atoms with E-state index < -0.39 is 5.54 Å². The van der Waals surface area contributed by atoms with Crippen molar-refractivity contribution >= 4 is 17.7 Å². The minimum Gasteiger partial charge on any atom is -0.468 e. The van der Waals surface area contributed by atoms with Crippen molar-refractivity contribution in [3.63, 3.8) is 0 Å². The number of carbonyl (C=O) groups excluding carboxylic acids is 1. The second-order valence-corrected chi connectivity index (χ2v) is 6.50. The van der Waals surface area contributed by atoms with E-state index in [1.807, 2.05) is 18.8 Å². The first kappa shape index (κ1) is 14.4. The number of benzene rings is 1. The molecule has 0 saturated heterocycles. The van der Waals surface area contributed by atoms with Crippen LogP contribution in [0.3, 0.4) is 0 Å². The fourth-order valence-electron chi connectivity index (χ4n) is 2.69. The van der Waals surface area contributed by atoms with E-state index in [0.29, 0.717) is 5.25 Å². The Bertz CT molecular complexity index is 463. The zero-order chi connectivity index (χ0) is 13.9. The summed E-state index contributed by atoms with van der Waals surface area (Å²) in [5, 5.41) is 3.63. The lowest BCUT2D eigenvalue weighted by atomic mass is 9.98. The van der Waals surface area contributed by atoms with Gasteiger partial charge in [-0.1, -0.05) is 17.7 Å². The minimum absolute atomic E-state index is 0.137. The maximum atomic E-state index is 11.9. The Balaban J connectivity index is 2.04. The molecule has 19 heavy (non-hydrogen) atoms. The van der Waals surface area contributed by atoms with Crippen molar-refractivity contribution in [1.29, 1.82) is 0 Å². The van der Waals surface area contributed by atoms with Gasteiger partial charge in [0.15, 0.2) is 0 Å². The van der Waals surface area contributed by atoms with Gasteiger partial charge in [0.2, 0.25) is 0 Å². The second kappa shape index (κ2) is 5.97. The van der Waals surface area contributed by atoms with Crippen LogP contribution >= 0.6 is 11.8 Å². The van der Waals surface area contributed by atoms with Gasteiger partial charge in [0.05, 0.1) is 7.11 Å². The van der Waals surface area contributed by atoms with E-state index in [1.165, 1.54) is 17.6 Å². The molecule has 0 bridgehead atoms. The molecule has 1 aromatic rings. The third-order valence-electron chi connectivity index (χ3n) is 3.82. The van der Waals surface area contributed by atoms with Crippen molar-refractivity contribution in [3.8, 4) is 0 Å². The average molecular weight is 279 g/mol. The van der Waals surface area contributed by atoms with Crippen LogP contribution in [0.4, 0.5) is 0 Å². The van der Waals surface area contributed by atoms with Crippen molar-refractivity contribution in [2.24, 2.45) is 0 Å². The molecule has 1 saturated carbocycles. The van der Waals surface area contributed by atoms with E-state index in [9.17, 15) is 4.79 Å². The summed E-state index contributed by atoms with van der Waals surface area (Å²) in [6.45, 7) is 2.10. The summed E-state index contributed by atoms with van der Waals surface area (Å²) < 4.78 is 4.94. The van der Waals surface area contributed by atoms with E-state index in [1.54, 1.807) is 0 Å². The van der Waals surface area contributed by atoms with Crippen LogP contribution in [0.25, 0.3) is 0 Å². The summed E-state index contributed by atoms with van der Waals surface area (Å²) in [5.41, 5.74) is 0.784. The Morgan fingerprint density at radius 2 is 2.32 bits per heavy atom. The Kier molecular flexibility index (Phi) is 4.53. The standard InChI is InChI=1S/C15H21NO2S/c1-11-5-4-6-12(9-11)19-13-7-8-15(10-13,16-2)14(17)18-3/h4-6,9,13,16H,7-8,10H2,1-3H3. The van der Waals surface area contributed by atoms with Gasteiger partial charge in [0, 0.05) is 10.1 Å². The molecule has 1 aliphatic rings. The van der Waals surface area contributed by atoms with Crippen LogP contribution in [0.15, 0.2) is 29.2 Å². The van der Waals surface area contributed by atoms with Crippen molar-refractivity contribution in [3.05, 3.63) is 29.8 Å². The highest BCUT2D eigenvalue weighted by molar-refractivity contribution is 8.00. The summed E-state index contributed by atoms with van der Waals surface area (Å²) in [7, 11) is 3.30. The van der Waals surface area contributed by atoms with Crippen LogP contribution in [-0.2, 0) is 9.53 Å². The summed E-state index contributed by atoms with van der Waals surface area (Å²) in [6, 6.07) is 8.51. The van der Waals surface area contributed by atoms with E-state index in [4.69, 9.17) is 4.74 Å². The second-order valence-electron chi connectivity index (χ2n) is 5.12. The molecule has 4 heteroatoms. The minimum atomic E-state index is -0.490. The number of hydrogen-bond acceptors (Lipinski definition) is 4. The fraction of sp³-hybridized carbons (Fsp3) is 0.533. The zero-order valence-corrected chi connectivity index (χ0v) is 12.5. The number of esters is 1. The third kappa shape index (κ3) is 3.12. The molecule has 0 heterocycles. The number of nitrogens with one attached hydrogen (secondary N) is 1. The topological polar surface area (TPSA) is 38.3 Å². The summed E-state index contributed by atoms with van der Waals surface area (Å²) in [5.74, 6) is -0.137. The van der Waals surface area contributed by atoms with Crippen molar-refractivity contribution in [1.82, 2.24) is 5.32 Å². The van der Waals surface area contributed by atoms with Gasteiger partial charge in [-0.25, -0.2) is 0 Å². The van der Waals surface area contributed by atoms with Gasteiger partial charge < -0.3 is 10.1 Å². The molecule has 0 amide bonds. The molecule has 1 fully saturated rings. The van der Waals surface area contributed by atoms with Crippen LogP contribution in [0.5, 0.6) is 0 Å². The van der Waals surface area contributed by atoms with Gasteiger partial charge in [-0.2, -0.15) is 0 Å². The molecular weight excluding hydrogens is 258 g/mol. The van der Waals surface area contributed by atoms with Gasteiger partial charge in [-0.15, -0.1) is 11.8 Å². The van der Waals surface area contributed by atoms with Crippen LogP contribution < -0.4 is 5.32 Å². The molecule has 3 nitrogen and oxygen atoms in total. The normalized spacial score (nSPS) is 26.4. The van der Waals surface area contributed by atoms with E-state index >= 15 is 0 Å². The maximum absolute atomic E-state index is 11.9. The van der Waals surface area contributed by atoms with E-state index in [-0.39, 0.29) is 5.97 Å². The maximum Gasteiger partial charge on any atom is 0.326 e. The molecular formula is C15H21NO2S. The van der Waals surface area contributed by atoms with Gasteiger partial charge in [-0.3, -0.25) is 4.79 Å². The zero-order valence-electron chi connectivity index (χ0n) is 11.7. The fourth-order valence-corrected chi connectivity index (χ4v) is 4.09.